The molecule has 0 saturated heterocycles. The first kappa shape index (κ1) is 15.8. The molecule has 0 aliphatic heterocycles. The van der Waals surface area contributed by atoms with E-state index in [4.69, 9.17) is 9.47 Å². The number of esters is 1. The molecule has 0 N–H and O–H groups in total. The van der Waals surface area contributed by atoms with Gasteiger partial charge >= 0.3 is 5.97 Å². The zero-order chi connectivity index (χ0) is 11.2. The highest BCUT2D eigenvalue weighted by Crippen LogP contribution is 1.79. The summed E-state index contributed by atoms with van der Waals surface area (Å²) in [6.07, 6.45) is 0. The van der Waals surface area contributed by atoms with E-state index < -0.39 is 0 Å². The number of rotatable bonds is 6. The van der Waals surface area contributed by atoms with Gasteiger partial charge in [0.15, 0.2) is 0 Å². The molecule has 0 rings (SSSR count). The van der Waals surface area contributed by atoms with Gasteiger partial charge in [-0.3, -0.25) is 0 Å². The minimum atomic E-state index is -0.292. The second-order valence-corrected chi connectivity index (χ2v) is 2.22. The Kier molecular flexibility index (Phi) is 16.9. The number of carbonyl (C=O) groups excluding carboxylic acids is 1. The van der Waals surface area contributed by atoms with Gasteiger partial charge in [-0.15, -0.1) is 0 Å². The molecule has 4 heteroatoms. The third-order valence-corrected chi connectivity index (χ3v) is 1.14. The summed E-state index contributed by atoms with van der Waals surface area (Å²) < 4.78 is 14.2. The Morgan fingerprint density at radius 1 is 0.857 bits per heavy atom. The molecule has 4 nitrogen and oxygen atoms in total. The maximum absolute atomic E-state index is 10.5. The van der Waals surface area contributed by atoms with Crippen LogP contribution in [0, 0.1) is 0 Å². The van der Waals surface area contributed by atoms with Crippen molar-refractivity contribution in [2.24, 2.45) is 0 Å². The van der Waals surface area contributed by atoms with Crippen LogP contribution in [0.15, 0.2) is 0 Å². The molecule has 0 aliphatic rings. The fourth-order valence-electron chi connectivity index (χ4n) is 0.592. The second kappa shape index (κ2) is 14.9. The number of hydrogen-bond donors (Lipinski definition) is 0. The van der Waals surface area contributed by atoms with Crippen molar-refractivity contribution in [1.29, 1.82) is 0 Å². The summed E-state index contributed by atoms with van der Waals surface area (Å²) in [7, 11) is 0. The maximum Gasteiger partial charge on any atom is 0.332 e. The highest BCUT2D eigenvalue weighted by atomic mass is 16.6. The van der Waals surface area contributed by atoms with Crippen molar-refractivity contribution in [3.63, 3.8) is 0 Å². The molecule has 0 aromatic rings. The molecule has 0 fully saturated rings. The van der Waals surface area contributed by atoms with Gasteiger partial charge in [-0.1, -0.05) is 0 Å². The normalized spacial score (nSPS) is 8.86. The van der Waals surface area contributed by atoms with Gasteiger partial charge in [0, 0.05) is 19.8 Å². The van der Waals surface area contributed by atoms with E-state index in [1.807, 2.05) is 20.8 Å². The third-order valence-electron chi connectivity index (χ3n) is 1.14. The average Bonchev–Trinajstić information content (AvgIpc) is 2.17. The predicted octanol–water partition coefficient (Wildman–Crippen LogP) is 1.63. The van der Waals surface area contributed by atoms with Gasteiger partial charge in [-0.05, 0) is 27.7 Å². The second-order valence-electron chi connectivity index (χ2n) is 2.22. The molecule has 0 unspecified atom stereocenters. The summed E-state index contributed by atoms with van der Waals surface area (Å²) in [5.74, 6) is -0.292. The van der Waals surface area contributed by atoms with Crippen molar-refractivity contribution in [2.45, 2.75) is 27.7 Å². The highest BCUT2D eigenvalue weighted by Gasteiger charge is 1.97. The van der Waals surface area contributed by atoms with E-state index in [-0.39, 0.29) is 12.6 Å². The number of hydrogen-bond acceptors (Lipinski definition) is 4. The highest BCUT2D eigenvalue weighted by molar-refractivity contribution is 5.70. The Labute approximate surface area is 86.5 Å². The van der Waals surface area contributed by atoms with Crippen molar-refractivity contribution in [3.8, 4) is 0 Å². The summed E-state index contributed by atoms with van der Waals surface area (Å²) >= 11 is 0. The zero-order valence-electron chi connectivity index (χ0n) is 9.67. The van der Waals surface area contributed by atoms with Crippen molar-refractivity contribution >= 4 is 5.97 Å². The monoisotopic (exact) mass is 206 g/mol. The standard InChI is InChI=1S/C6H12O3.C4H10O/c1-3-8-5-6(7)9-4-2;1-3-5-4-2/h3-5H2,1-2H3;3-4H2,1-2H3. The molecular formula is C10H22O4. The molecule has 0 aromatic carbocycles. The number of carbonyl (C=O) groups is 1. The van der Waals surface area contributed by atoms with Crippen LogP contribution in [0.1, 0.15) is 27.7 Å². The maximum atomic E-state index is 10.5. The van der Waals surface area contributed by atoms with Crippen LogP contribution in [0.25, 0.3) is 0 Å². The molecule has 0 bridgehead atoms. The molecule has 0 spiro atoms. The molecule has 0 radical (unpaired) electrons. The van der Waals surface area contributed by atoms with Crippen LogP contribution in [0.4, 0.5) is 0 Å². The summed E-state index contributed by atoms with van der Waals surface area (Å²) in [5.41, 5.74) is 0. The largest absolute Gasteiger partial charge is 0.464 e. The van der Waals surface area contributed by atoms with Crippen LogP contribution in [-0.2, 0) is 19.0 Å². The molecular weight excluding hydrogens is 184 g/mol. The topological polar surface area (TPSA) is 44.8 Å². The van der Waals surface area contributed by atoms with Gasteiger partial charge in [0.05, 0.1) is 6.61 Å². The van der Waals surface area contributed by atoms with E-state index >= 15 is 0 Å². The van der Waals surface area contributed by atoms with Gasteiger partial charge in [-0.2, -0.15) is 0 Å². The summed E-state index contributed by atoms with van der Waals surface area (Å²) in [5, 5.41) is 0. The lowest BCUT2D eigenvalue weighted by atomic mass is 10.7. The van der Waals surface area contributed by atoms with Crippen LogP contribution in [0.3, 0.4) is 0 Å². The molecule has 0 saturated carbocycles. The van der Waals surface area contributed by atoms with Gasteiger partial charge in [-0.25, -0.2) is 4.79 Å². The van der Waals surface area contributed by atoms with E-state index in [2.05, 4.69) is 4.74 Å². The van der Waals surface area contributed by atoms with Crippen LogP contribution in [0.5, 0.6) is 0 Å². The molecule has 0 amide bonds. The van der Waals surface area contributed by atoms with Crippen LogP contribution in [-0.4, -0.2) is 39.0 Å². The molecule has 0 atom stereocenters. The van der Waals surface area contributed by atoms with E-state index in [1.54, 1.807) is 6.92 Å². The fraction of sp³-hybridized carbons (Fsp3) is 0.900. The van der Waals surface area contributed by atoms with Crippen molar-refractivity contribution in [2.75, 3.05) is 33.0 Å². The van der Waals surface area contributed by atoms with Crippen molar-refractivity contribution < 1.29 is 19.0 Å². The predicted molar refractivity (Wildman–Crippen MR) is 55.3 cm³/mol. The van der Waals surface area contributed by atoms with E-state index in [9.17, 15) is 4.79 Å². The average molecular weight is 206 g/mol. The molecule has 0 aromatic heterocycles. The lowest BCUT2D eigenvalue weighted by molar-refractivity contribution is -0.148. The Hall–Kier alpha value is -0.610. The van der Waals surface area contributed by atoms with Gasteiger partial charge in [0.25, 0.3) is 0 Å². The van der Waals surface area contributed by atoms with Crippen molar-refractivity contribution in [3.05, 3.63) is 0 Å². The van der Waals surface area contributed by atoms with E-state index in [0.29, 0.717) is 13.2 Å². The SMILES string of the molecule is CCOCC.CCOCC(=O)OCC. The summed E-state index contributed by atoms with van der Waals surface area (Å²) in [6, 6.07) is 0. The Bertz CT molecular complexity index is 113. The summed E-state index contributed by atoms with van der Waals surface area (Å²) in [4.78, 5) is 10.5. The van der Waals surface area contributed by atoms with E-state index in [1.165, 1.54) is 0 Å². The van der Waals surface area contributed by atoms with Gasteiger partial charge < -0.3 is 14.2 Å². The molecule has 86 valence electrons. The first-order valence-electron chi connectivity index (χ1n) is 5.03. The Morgan fingerprint density at radius 3 is 1.64 bits per heavy atom. The minimum Gasteiger partial charge on any atom is -0.464 e. The molecule has 14 heavy (non-hydrogen) atoms. The van der Waals surface area contributed by atoms with Crippen molar-refractivity contribution in [1.82, 2.24) is 0 Å². The number of ether oxygens (including phenoxy) is 3. The van der Waals surface area contributed by atoms with Gasteiger partial charge in [0.1, 0.15) is 6.61 Å². The first-order valence-corrected chi connectivity index (χ1v) is 5.03. The Balaban J connectivity index is 0. The minimum absolute atomic E-state index is 0.0737. The lowest BCUT2D eigenvalue weighted by Crippen LogP contribution is -2.11. The lowest BCUT2D eigenvalue weighted by Gasteiger charge is -1.99. The zero-order valence-corrected chi connectivity index (χ0v) is 9.67. The molecule has 0 aliphatic carbocycles. The quantitative estimate of drug-likeness (QED) is 0.620. The Morgan fingerprint density at radius 2 is 1.36 bits per heavy atom. The van der Waals surface area contributed by atoms with Gasteiger partial charge in [0.2, 0.25) is 0 Å². The van der Waals surface area contributed by atoms with Crippen LogP contribution < -0.4 is 0 Å². The molecule has 0 heterocycles. The summed E-state index contributed by atoms with van der Waals surface area (Å²) in [6.45, 7) is 10.3. The van der Waals surface area contributed by atoms with E-state index in [0.717, 1.165) is 13.2 Å². The first-order chi connectivity index (χ1) is 6.72. The third kappa shape index (κ3) is 17.5. The van der Waals surface area contributed by atoms with Crippen LogP contribution in [0.2, 0.25) is 0 Å². The smallest absolute Gasteiger partial charge is 0.332 e. The van der Waals surface area contributed by atoms with Crippen LogP contribution >= 0.6 is 0 Å². The fourth-order valence-corrected chi connectivity index (χ4v) is 0.592.